The SMILES string of the molecule is CCCCCCCCCCCCCC(=O)OC[C@@H](COC(=O)CCCCCCCCC(C)CC)OC(=O)CCCCCCCCCC(C)C. The Morgan fingerprint density at radius 3 is 1.16 bits per heavy atom. The van der Waals surface area contributed by atoms with Crippen molar-refractivity contribution >= 4 is 17.9 Å². The summed E-state index contributed by atoms with van der Waals surface area (Å²) in [4.78, 5) is 37.5. The third-order valence-corrected chi connectivity index (χ3v) is 9.83. The van der Waals surface area contributed by atoms with E-state index in [9.17, 15) is 14.4 Å². The summed E-state index contributed by atoms with van der Waals surface area (Å²) in [6.45, 7) is 11.2. The molecule has 2 atom stereocenters. The molecule has 0 N–H and O–H groups in total. The van der Waals surface area contributed by atoms with Crippen LogP contribution in [0.25, 0.3) is 0 Å². The van der Waals surface area contributed by atoms with Crippen molar-refractivity contribution < 1.29 is 28.6 Å². The van der Waals surface area contributed by atoms with E-state index in [0.29, 0.717) is 19.3 Å². The average Bonchev–Trinajstić information content (AvgIpc) is 3.08. The van der Waals surface area contributed by atoms with Gasteiger partial charge in [-0.25, -0.2) is 0 Å². The second-order valence-corrected chi connectivity index (χ2v) is 15.3. The van der Waals surface area contributed by atoms with E-state index >= 15 is 0 Å². The third-order valence-electron chi connectivity index (χ3n) is 9.83. The first-order chi connectivity index (χ1) is 23.8. The van der Waals surface area contributed by atoms with E-state index < -0.39 is 6.10 Å². The third kappa shape index (κ3) is 36.0. The molecule has 0 saturated carbocycles. The van der Waals surface area contributed by atoms with Gasteiger partial charge in [0, 0.05) is 19.3 Å². The molecule has 0 aliphatic heterocycles. The Hall–Kier alpha value is -1.59. The molecule has 0 spiro atoms. The van der Waals surface area contributed by atoms with Crippen LogP contribution in [0.1, 0.15) is 227 Å². The summed E-state index contributed by atoms with van der Waals surface area (Å²) in [5, 5.41) is 0. The minimum absolute atomic E-state index is 0.0666. The van der Waals surface area contributed by atoms with Gasteiger partial charge >= 0.3 is 17.9 Å². The maximum Gasteiger partial charge on any atom is 0.306 e. The molecule has 0 radical (unpaired) electrons. The first-order valence-corrected chi connectivity index (χ1v) is 21.3. The van der Waals surface area contributed by atoms with Gasteiger partial charge in [-0.15, -0.1) is 0 Å². The number of esters is 3. The average molecular weight is 695 g/mol. The van der Waals surface area contributed by atoms with E-state index in [4.69, 9.17) is 14.2 Å². The molecule has 0 aromatic heterocycles. The molecule has 0 rings (SSSR count). The Morgan fingerprint density at radius 1 is 0.429 bits per heavy atom. The quantitative estimate of drug-likeness (QED) is 0.0366. The molecule has 0 fully saturated rings. The Kier molecular flexibility index (Phi) is 35.0. The molecule has 0 heterocycles. The lowest BCUT2D eigenvalue weighted by molar-refractivity contribution is -0.167. The van der Waals surface area contributed by atoms with Gasteiger partial charge in [0.15, 0.2) is 6.10 Å². The molecule has 0 amide bonds. The summed E-state index contributed by atoms with van der Waals surface area (Å²) in [6, 6.07) is 0. The van der Waals surface area contributed by atoms with Gasteiger partial charge in [-0.05, 0) is 31.1 Å². The zero-order valence-electron chi connectivity index (χ0n) is 33.3. The number of ether oxygens (including phenoxy) is 3. The molecule has 0 aromatic rings. The standard InChI is InChI=1S/C43H82O6/c1-6-8-9-10-11-12-13-14-17-23-28-33-41(44)47-36-40(49-43(46)35-30-25-18-15-16-21-26-31-38(3)4)37-48-42(45)34-29-24-20-19-22-27-32-39(5)7-2/h38-40H,6-37H2,1-5H3/t39?,40-/m0/s1. The highest BCUT2D eigenvalue weighted by Crippen LogP contribution is 2.16. The van der Waals surface area contributed by atoms with Crippen molar-refractivity contribution in [3.05, 3.63) is 0 Å². The monoisotopic (exact) mass is 695 g/mol. The van der Waals surface area contributed by atoms with E-state index in [2.05, 4.69) is 34.6 Å². The Morgan fingerprint density at radius 2 is 0.776 bits per heavy atom. The fourth-order valence-corrected chi connectivity index (χ4v) is 6.19. The van der Waals surface area contributed by atoms with Gasteiger partial charge in [0.1, 0.15) is 13.2 Å². The van der Waals surface area contributed by atoms with Crippen molar-refractivity contribution in [1.29, 1.82) is 0 Å². The number of hydrogen-bond acceptors (Lipinski definition) is 6. The van der Waals surface area contributed by atoms with Gasteiger partial charge < -0.3 is 14.2 Å². The van der Waals surface area contributed by atoms with Crippen LogP contribution >= 0.6 is 0 Å². The van der Waals surface area contributed by atoms with Gasteiger partial charge in [0.05, 0.1) is 0 Å². The Bertz CT molecular complexity index is 751. The topological polar surface area (TPSA) is 78.9 Å². The van der Waals surface area contributed by atoms with Gasteiger partial charge in [-0.1, -0.05) is 189 Å². The fourth-order valence-electron chi connectivity index (χ4n) is 6.19. The highest BCUT2D eigenvalue weighted by molar-refractivity contribution is 5.71. The van der Waals surface area contributed by atoms with Crippen LogP contribution in [0, 0.1) is 11.8 Å². The maximum absolute atomic E-state index is 12.6. The molecule has 290 valence electrons. The minimum Gasteiger partial charge on any atom is -0.462 e. The number of rotatable bonds is 37. The smallest absolute Gasteiger partial charge is 0.306 e. The van der Waals surface area contributed by atoms with Crippen molar-refractivity contribution in [2.75, 3.05) is 13.2 Å². The molecule has 0 bridgehead atoms. The second-order valence-electron chi connectivity index (χ2n) is 15.3. The van der Waals surface area contributed by atoms with E-state index in [0.717, 1.165) is 69.6 Å². The highest BCUT2D eigenvalue weighted by atomic mass is 16.6. The normalized spacial score (nSPS) is 12.6. The molecule has 0 aliphatic carbocycles. The largest absolute Gasteiger partial charge is 0.462 e. The summed E-state index contributed by atoms with van der Waals surface area (Å²) in [5.74, 6) is 0.724. The maximum atomic E-state index is 12.6. The van der Waals surface area contributed by atoms with Crippen molar-refractivity contribution in [2.24, 2.45) is 11.8 Å². The van der Waals surface area contributed by atoms with Crippen LogP contribution in [0.15, 0.2) is 0 Å². The molecule has 0 aromatic carbocycles. The van der Waals surface area contributed by atoms with Gasteiger partial charge in [-0.3, -0.25) is 14.4 Å². The van der Waals surface area contributed by atoms with Gasteiger partial charge in [-0.2, -0.15) is 0 Å². The predicted molar refractivity (Wildman–Crippen MR) is 206 cm³/mol. The molecule has 49 heavy (non-hydrogen) atoms. The lowest BCUT2D eigenvalue weighted by Gasteiger charge is -2.18. The number of carbonyl (C=O) groups is 3. The molecular weight excluding hydrogens is 612 g/mol. The Labute approximate surface area is 304 Å². The van der Waals surface area contributed by atoms with Crippen molar-refractivity contribution in [1.82, 2.24) is 0 Å². The lowest BCUT2D eigenvalue weighted by atomic mass is 10.00. The van der Waals surface area contributed by atoms with Crippen LogP contribution in [0.4, 0.5) is 0 Å². The van der Waals surface area contributed by atoms with Crippen molar-refractivity contribution in [3.63, 3.8) is 0 Å². The van der Waals surface area contributed by atoms with E-state index in [-0.39, 0.29) is 31.1 Å². The van der Waals surface area contributed by atoms with E-state index in [1.807, 2.05) is 0 Å². The van der Waals surface area contributed by atoms with Gasteiger partial charge in [0.2, 0.25) is 0 Å². The summed E-state index contributed by atoms with van der Waals surface area (Å²) in [6.07, 6.45) is 32.4. The van der Waals surface area contributed by atoms with Crippen LogP contribution < -0.4 is 0 Å². The van der Waals surface area contributed by atoms with E-state index in [1.165, 1.54) is 116 Å². The molecule has 1 unspecified atom stereocenters. The molecule has 0 saturated heterocycles. The van der Waals surface area contributed by atoms with Crippen molar-refractivity contribution in [2.45, 2.75) is 233 Å². The van der Waals surface area contributed by atoms with Crippen LogP contribution in [0.5, 0.6) is 0 Å². The van der Waals surface area contributed by atoms with Crippen LogP contribution in [-0.2, 0) is 28.6 Å². The molecule has 0 aliphatic rings. The number of hydrogen-bond donors (Lipinski definition) is 0. The predicted octanol–water partition coefficient (Wildman–Crippen LogP) is 13.0. The van der Waals surface area contributed by atoms with Crippen LogP contribution in [0.3, 0.4) is 0 Å². The summed E-state index contributed by atoms with van der Waals surface area (Å²) < 4.78 is 16.6. The Balaban J connectivity index is 4.36. The first kappa shape index (κ1) is 47.4. The lowest BCUT2D eigenvalue weighted by Crippen LogP contribution is -2.30. The second kappa shape index (κ2) is 36.2. The molecule has 6 nitrogen and oxygen atoms in total. The van der Waals surface area contributed by atoms with Crippen LogP contribution in [-0.4, -0.2) is 37.2 Å². The summed E-state index contributed by atoms with van der Waals surface area (Å²) in [7, 11) is 0. The zero-order valence-corrected chi connectivity index (χ0v) is 33.3. The summed E-state index contributed by atoms with van der Waals surface area (Å²) in [5.41, 5.74) is 0. The first-order valence-electron chi connectivity index (χ1n) is 21.3. The van der Waals surface area contributed by atoms with E-state index in [1.54, 1.807) is 0 Å². The van der Waals surface area contributed by atoms with Crippen LogP contribution in [0.2, 0.25) is 0 Å². The molecule has 6 heteroatoms. The number of unbranched alkanes of at least 4 members (excludes halogenated alkanes) is 21. The fraction of sp³-hybridized carbons (Fsp3) is 0.930. The van der Waals surface area contributed by atoms with Gasteiger partial charge in [0.25, 0.3) is 0 Å². The van der Waals surface area contributed by atoms with Crippen molar-refractivity contribution in [3.8, 4) is 0 Å². The zero-order chi connectivity index (χ0) is 36.2. The molecular formula is C43H82O6. The number of carbonyl (C=O) groups excluding carboxylic acids is 3. The minimum atomic E-state index is -0.760. The highest BCUT2D eigenvalue weighted by Gasteiger charge is 2.19. The summed E-state index contributed by atoms with van der Waals surface area (Å²) >= 11 is 0.